The molecular weight excluding hydrogens is 242 g/mol. The van der Waals surface area contributed by atoms with Crippen LogP contribution in [0.1, 0.15) is 6.42 Å². The van der Waals surface area contributed by atoms with E-state index >= 15 is 0 Å². The Labute approximate surface area is 111 Å². The van der Waals surface area contributed by atoms with Crippen LogP contribution in [0.5, 0.6) is 11.5 Å². The highest BCUT2D eigenvalue weighted by Crippen LogP contribution is 2.17. The summed E-state index contributed by atoms with van der Waals surface area (Å²) in [4.78, 5) is 0. The van der Waals surface area contributed by atoms with E-state index in [2.05, 4.69) is 10.4 Å². The maximum atomic E-state index is 9.25. The first kappa shape index (κ1) is 12.0. The summed E-state index contributed by atoms with van der Waals surface area (Å²) in [7, 11) is 0. The number of hydrogen-bond donors (Lipinski definition) is 2. The smallest absolute Gasteiger partial charge is 0.157 e. The first-order valence-electron chi connectivity index (χ1n) is 6.49. The highest BCUT2D eigenvalue weighted by atomic mass is 16.5. The molecule has 5 nitrogen and oxygen atoms in total. The van der Waals surface area contributed by atoms with Gasteiger partial charge in [0.25, 0.3) is 0 Å². The maximum Gasteiger partial charge on any atom is 0.157 e. The van der Waals surface area contributed by atoms with Crippen molar-refractivity contribution in [2.24, 2.45) is 5.92 Å². The van der Waals surface area contributed by atoms with Crippen LogP contribution in [0.4, 0.5) is 0 Å². The highest BCUT2D eigenvalue weighted by Gasteiger charge is 2.15. The zero-order chi connectivity index (χ0) is 13.1. The van der Waals surface area contributed by atoms with E-state index in [0.29, 0.717) is 5.92 Å². The zero-order valence-corrected chi connectivity index (χ0v) is 10.6. The summed E-state index contributed by atoms with van der Waals surface area (Å²) in [5.41, 5.74) is 0.898. The van der Waals surface area contributed by atoms with Crippen molar-refractivity contribution < 1.29 is 9.84 Å². The fourth-order valence-corrected chi connectivity index (χ4v) is 2.20. The lowest BCUT2D eigenvalue weighted by molar-refractivity contribution is 0.260. The van der Waals surface area contributed by atoms with E-state index in [4.69, 9.17) is 4.74 Å². The van der Waals surface area contributed by atoms with E-state index in [-0.39, 0.29) is 5.75 Å². The fourth-order valence-electron chi connectivity index (χ4n) is 2.20. The molecule has 0 radical (unpaired) electrons. The minimum atomic E-state index is 0.251. The second kappa shape index (κ2) is 5.32. The van der Waals surface area contributed by atoms with Gasteiger partial charge in [0.2, 0.25) is 0 Å². The van der Waals surface area contributed by atoms with Crippen LogP contribution in [0.2, 0.25) is 0 Å². The predicted molar refractivity (Wildman–Crippen MR) is 71.7 cm³/mol. The SMILES string of the molecule is Oc1ccc(-n2cc(OCC3CCNC3)cn2)cc1. The first-order valence-corrected chi connectivity index (χ1v) is 6.49. The van der Waals surface area contributed by atoms with Crippen LogP contribution < -0.4 is 10.1 Å². The van der Waals surface area contributed by atoms with Gasteiger partial charge in [0.15, 0.2) is 5.75 Å². The van der Waals surface area contributed by atoms with Crippen molar-refractivity contribution in [3.63, 3.8) is 0 Å². The molecule has 0 spiro atoms. The standard InChI is InChI=1S/C14H17N3O2/c18-13-3-1-12(2-4-13)17-9-14(8-16-17)19-10-11-5-6-15-7-11/h1-4,8-9,11,15,18H,5-7,10H2. The number of rotatable bonds is 4. The van der Waals surface area contributed by atoms with Crippen molar-refractivity contribution in [3.05, 3.63) is 36.7 Å². The quantitative estimate of drug-likeness (QED) is 0.875. The molecule has 100 valence electrons. The average molecular weight is 259 g/mol. The molecule has 0 bridgehead atoms. The molecule has 0 aliphatic carbocycles. The third-order valence-corrected chi connectivity index (χ3v) is 3.32. The van der Waals surface area contributed by atoms with E-state index < -0.39 is 0 Å². The van der Waals surface area contributed by atoms with Crippen molar-refractivity contribution in [1.82, 2.24) is 15.1 Å². The average Bonchev–Trinajstić information content (AvgIpc) is 3.09. The maximum absolute atomic E-state index is 9.25. The molecule has 1 saturated heterocycles. The van der Waals surface area contributed by atoms with Crippen LogP contribution in [0, 0.1) is 5.92 Å². The Hall–Kier alpha value is -2.01. The van der Waals surface area contributed by atoms with Gasteiger partial charge in [0, 0.05) is 12.5 Å². The van der Waals surface area contributed by atoms with Crippen molar-refractivity contribution in [3.8, 4) is 17.2 Å². The lowest BCUT2D eigenvalue weighted by Gasteiger charge is -2.08. The minimum absolute atomic E-state index is 0.251. The molecule has 3 rings (SSSR count). The lowest BCUT2D eigenvalue weighted by Crippen LogP contribution is -2.15. The predicted octanol–water partition coefficient (Wildman–Crippen LogP) is 1.57. The van der Waals surface area contributed by atoms with Crippen LogP contribution >= 0.6 is 0 Å². The van der Waals surface area contributed by atoms with E-state index in [1.54, 1.807) is 23.0 Å². The summed E-state index contributed by atoms with van der Waals surface area (Å²) in [6.45, 7) is 2.85. The van der Waals surface area contributed by atoms with Gasteiger partial charge in [0.05, 0.1) is 24.7 Å². The van der Waals surface area contributed by atoms with Crippen LogP contribution in [0.15, 0.2) is 36.7 Å². The second-order valence-corrected chi connectivity index (χ2v) is 4.81. The van der Waals surface area contributed by atoms with E-state index in [1.807, 2.05) is 18.3 Å². The summed E-state index contributed by atoms with van der Waals surface area (Å²) in [5.74, 6) is 1.62. The molecular formula is C14H17N3O2. The molecule has 1 fully saturated rings. The number of aromatic hydroxyl groups is 1. The third kappa shape index (κ3) is 2.88. The molecule has 0 amide bonds. The van der Waals surface area contributed by atoms with Gasteiger partial charge in [-0.2, -0.15) is 5.10 Å². The van der Waals surface area contributed by atoms with Gasteiger partial charge in [-0.05, 0) is 37.2 Å². The van der Waals surface area contributed by atoms with E-state index in [0.717, 1.165) is 31.1 Å². The number of aromatic nitrogens is 2. The van der Waals surface area contributed by atoms with Crippen molar-refractivity contribution in [1.29, 1.82) is 0 Å². The molecule has 2 N–H and O–H groups in total. The molecule has 1 aromatic heterocycles. The molecule has 2 aromatic rings. The number of hydrogen-bond acceptors (Lipinski definition) is 4. The van der Waals surface area contributed by atoms with E-state index in [1.165, 1.54) is 6.42 Å². The fraction of sp³-hybridized carbons (Fsp3) is 0.357. The number of phenolic OH excluding ortho intramolecular Hbond substituents is 1. The molecule has 1 aliphatic heterocycles. The number of nitrogens with one attached hydrogen (secondary N) is 1. The van der Waals surface area contributed by atoms with Crippen molar-refractivity contribution >= 4 is 0 Å². The third-order valence-electron chi connectivity index (χ3n) is 3.32. The van der Waals surface area contributed by atoms with Crippen molar-refractivity contribution in [2.45, 2.75) is 6.42 Å². The first-order chi connectivity index (χ1) is 9.31. The summed E-state index contributed by atoms with van der Waals surface area (Å²) >= 11 is 0. The summed E-state index contributed by atoms with van der Waals surface area (Å²) < 4.78 is 7.48. The minimum Gasteiger partial charge on any atom is -0.508 e. The Morgan fingerprint density at radius 1 is 1.37 bits per heavy atom. The van der Waals surface area contributed by atoms with Crippen LogP contribution in [0.3, 0.4) is 0 Å². The lowest BCUT2D eigenvalue weighted by atomic mass is 10.1. The summed E-state index contributed by atoms with van der Waals surface area (Å²) in [5, 5.41) is 16.8. The largest absolute Gasteiger partial charge is 0.508 e. The number of ether oxygens (including phenoxy) is 1. The van der Waals surface area contributed by atoms with Gasteiger partial charge in [-0.15, -0.1) is 0 Å². The normalized spacial score (nSPS) is 18.6. The molecule has 1 atom stereocenters. The molecule has 0 saturated carbocycles. The Morgan fingerprint density at radius 2 is 2.21 bits per heavy atom. The molecule has 1 unspecified atom stereocenters. The van der Waals surface area contributed by atoms with Gasteiger partial charge in [-0.1, -0.05) is 0 Å². The van der Waals surface area contributed by atoms with E-state index in [9.17, 15) is 5.11 Å². The van der Waals surface area contributed by atoms with Gasteiger partial charge in [-0.3, -0.25) is 0 Å². The van der Waals surface area contributed by atoms with Gasteiger partial charge >= 0.3 is 0 Å². The second-order valence-electron chi connectivity index (χ2n) is 4.81. The number of phenols is 1. The topological polar surface area (TPSA) is 59.3 Å². The van der Waals surface area contributed by atoms with Gasteiger partial charge < -0.3 is 15.2 Å². The van der Waals surface area contributed by atoms with Gasteiger partial charge in [-0.25, -0.2) is 4.68 Å². The zero-order valence-electron chi connectivity index (χ0n) is 10.6. The molecule has 2 heterocycles. The van der Waals surface area contributed by atoms with Crippen LogP contribution in [0.25, 0.3) is 5.69 Å². The van der Waals surface area contributed by atoms with Crippen LogP contribution in [-0.2, 0) is 0 Å². The molecule has 1 aromatic carbocycles. The number of benzene rings is 1. The Morgan fingerprint density at radius 3 is 2.95 bits per heavy atom. The monoisotopic (exact) mass is 259 g/mol. The molecule has 5 heteroatoms. The Kier molecular flexibility index (Phi) is 3.37. The Balaban J connectivity index is 1.63. The highest BCUT2D eigenvalue weighted by molar-refractivity contribution is 5.37. The summed E-state index contributed by atoms with van der Waals surface area (Å²) in [6, 6.07) is 6.91. The molecule has 19 heavy (non-hydrogen) atoms. The van der Waals surface area contributed by atoms with Gasteiger partial charge in [0.1, 0.15) is 5.75 Å². The van der Waals surface area contributed by atoms with Crippen molar-refractivity contribution in [2.75, 3.05) is 19.7 Å². The number of nitrogens with zero attached hydrogens (tertiary/aromatic N) is 2. The van der Waals surface area contributed by atoms with Crippen LogP contribution in [-0.4, -0.2) is 34.6 Å². The Bertz CT molecular complexity index is 530. The molecule has 1 aliphatic rings. The summed E-state index contributed by atoms with van der Waals surface area (Å²) in [6.07, 6.45) is 4.75.